The highest BCUT2D eigenvalue weighted by atomic mass is 127. The summed E-state index contributed by atoms with van der Waals surface area (Å²) >= 11 is 1.78. The predicted octanol–water partition coefficient (Wildman–Crippen LogP) is 3.65. The van der Waals surface area contributed by atoms with Crippen LogP contribution in [0.2, 0.25) is 0 Å². The number of rotatable bonds is 6. The van der Waals surface area contributed by atoms with Gasteiger partial charge in [0.05, 0.1) is 6.54 Å². The summed E-state index contributed by atoms with van der Waals surface area (Å²) in [4.78, 5) is 7.74. The molecular weight excluding hydrogens is 431 g/mol. The molecule has 2 aromatic rings. The van der Waals surface area contributed by atoms with Gasteiger partial charge in [-0.05, 0) is 48.1 Å². The van der Waals surface area contributed by atoms with Crippen LogP contribution in [0.5, 0.6) is 0 Å². The van der Waals surface area contributed by atoms with Crippen molar-refractivity contribution in [2.75, 3.05) is 32.6 Å². The largest absolute Gasteiger partial charge is 0.378 e. The Labute approximate surface area is 166 Å². The van der Waals surface area contributed by atoms with Crippen molar-refractivity contribution in [2.45, 2.75) is 19.9 Å². The van der Waals surface area contributed by atoms with Gasteiger partial charge in [-0.2, -0.15) is 0 Å². The molecule has 0 amide bonds. The second-order valence-electron chi connectivity index (χ2n) is 5.69. The van der Waals surface area contributed by atoms with E-state index in [0.29, 0.717) is 0 Å². The van der Waals surface area contributed by atoms with E-state index in [1.54, 1.807) is 11.3 Å². The Morgan fingerprint density at radius 3 is 2.38 bits per heavy atom. The minimum atomic E-state index is 0. The first-order chi connectivity index (χ1) is 11.1. The van der Waals surface area contributed by atoms with Gasteiger partial charge in [-0.1, -0.05) is 12.1 Å². The number of aliphatic imine (C=N–C) groups is 1. The van der Waals surface area contributed by atoms with Crippen LogP contribution in [0.1, 0.15) is 16.0 Å². The van der Waals surface area contributed by atoms with E-state index in [1.807, 2.05) is 7.05 Å². The molecular formula is C18H27IN4S. The van der Waals surface area contributed by atoms with Gasteiger partial charge in [0, 0.05) is 38.3 Å². The zero-order valence-electron chi connectivity index (χ0n) is 14.8. The van der Waals surface area contributed by atoms with Gasteiger partial charge < -0.3 is 15.5 Å². The van der Waals surface area contributed by atoms with Gasteiger partial charge in [0.2, 0.25) is 0 Å². The lowest BCUT2D eigenvalue weighted by molar-refractivity contribution is 0.798. The molecule has 0 fully saturated rings. The average molecular weight is 458 g/mol. The van der Waals surface area contributed by atoms with E-state index in [0.717, 1.165) is 25.5 Å². The highest BCUT2D eigenvalue weighted by Gasteiger charge is 2.02. The molecule has 132 valence electrons. The number of hydrogen-bond donors (Lipinski definition) is 2. The third-order valence-corrected chi connectivity index (χ3v) is 4.79. The maximum Gasteiger partial charge on any atom is 0.191 e. The summed E-state index contributed by atoms with van der Waals surface area (Å²) in [5.74, 6) is 0.850. The van der Waals surface area contributed by atoms with Crippen molar-refractivity contribution in [3.05, 3.63) is 51.7 Å². The molecule has 0 aliphatic heterocycles. The van der Waals surface area contributed by atoms with Crippen molar-refractivity contribution in [1.29, 1.82) is 0 Å². The molecule has 24 heavy (non-hydrogen) atoms. The van der Waals surface area contributed by atoms with E-state index in [4.69, 9.17) is 0 Å². The SMILES string of the molecule is CN=C(NCCc1ccc(N(C)C)cc1)NCc1sccc1C.I. The Kier molecular flexibility index (Phi) is 9.13. The third-order valence-electron chi connectivity index (χ3n) is 3.77. The van der Waals surface area contributed by atoms with E-state index < -0.39 is 0 Å². The van der Waals surface area contributed by atoms with Crippen LogP contribution in [-0.4, -0.2) is 33.6 Å². The van der Waals surface area contributed by atoms with Gasteiger partial charge >= 0.3 is 0 Å². The van der Waals surface area contributed by atoms with Crippen LogP contribution in [0.15, 0.2) is 40.7 Å². The van der Waals surface area contributed by atoms with Crippen molar-refractivity contribution in [1.82, 2.24) is 10.6 Å². The topological polar surface area (TPSA) is 39.7 Å². The Hall–Kier alpha value is -1.28. The van der Waals surface area contributed by atoms with Gasteiger partial charge in [-0.3, -0.25) is 4.99 Å². The maximum atomic E-state index is 4.28. The van der Waals surface area contributed by atoms with E-state index in [-0.39, 0.29) is 24.0 Å². The minimum absolute atomic E-state index is 0. The number of benzene rings is 1. The summed E-state index contributed by atoms with van der Waals surface area (Å²) in [6.45, 7) is 3.83. The van der Waals surface area contributed by atoms with Gasteiger partial charge in [0.15, 0.2) is 5.96 Å². The number of aryl methyl sites for hydroxylation is 1. The van der Waals surface area contributed by atoms with Gasteiger partial charge in [-0.15, -0.1) is 35.3 Å². The van der Waals surface area contributed by atoms with Crippen molar-refractivity contribution in [2.24, 2.45) is 4.99 Å². The molecule has 0 spiro atoms. The molecule has 0 unspecified atom stereocenters. The molecule has 0 saturated heterocycles. The highest BCUT2D eigenvalue weighted by molar-refractivity contribution is 14.0. The standard InChI is InChI=1S/C18H26N4S.HI/c1-14-10-12-23-17(14)13-21-18(19-2)20-11-9-15-5-7-16(8-6-15)22(3)4;/h5-8,10,12H,9,11,13H2,1-4H3,(H2,19,20,21);1H. The Bertz CT molecular complexity index is 635. The van der Waals surface area contributed by atoms with Gasteiger partial charge in [-0.25, -0.2) is 0 Å². The van der Waals surface area contributed by atoms with Crippen LogP contribution in [0.3, 0.4) is 0 Å². The van der Waals surface area contributed by atoms with E-state index in [2.05, 4.69) is 77.3 Å². The summed E-state index contributed by atoms with van der Waals surface area (Å²) in [5.41, 5.74) is 3.89. The van der Waals surface area contributed by atoms with E-state index in [9.17, 15) is 0 Å². The van der Waals surface area contributed by atoms with Crippen molar-refractivity contribution in [3.63, 3.8) is 0 Å². The van der Waals surface area contributed by atoms with Crippen LogP contribution in [-0.2, 0) is 13.0 Å². The fourth-order valence-electron chi connectivity index (χ4n) is 2.26. The quantitative estimate of drug-likeness (QED) is 0.395. The first-order valence-corrected chi connectivity index (χ1v) is 8.72. The molecule has 1 heterocycles. The summed E-state index contributed by atoms with van der Waals surface area (Å²) in [6, 6.07) is 10.8. The van der Waals surface area contributed by atoms with Crippen molar-refractivity contribution < 1.29 is 0 Å². The van der Waals surface area contributed by atoms with Gasteiger partial charge in [0.25, 0.3) is 0 Å². The van der Waals surface area contributed by atoms with Crippen LogP contribution >= 0.6 is 35.3 Å². The van der Waals surface area contributed by atoms with Gasteiger partial charge in [0.1, 0.15) is 0 Å². The fraction of sp³-hybridized carbons (Fsp3) is 0.389. The zero-order chi connectivity index (χ0) is 16.7. The molecule has 0 bridgehead atoms. The van der Waals surface area contributed by atoms with E-state index in [1.165, 1.54) is 21.7 Å². The molecule has 1 aromatic carbocycles. The lowest BCUT2D eigenvalue weighted by atomic mass is 10.1. The minimum Gasteiger partial charge on any atom is -0.378 e. The monoisotopic (exact) mass is 458 g/mol. The summed E-state index contributed by atoms with van der Waals surface area (Å²) in [6.07, 6.45) is 0.979. The third kappa shape index (κ3) is 6.32. The molecule has 4 nitrogen and oxygen atoms in total. The maximum absolute atomic E-state index is 4.28. The highest BCUT2D eigenvalue weighted by Crippen LogP contribution is 2.14. The summed E-state index contributed by atoms with van der Waals surface area (Å²) < 4.78 is 0. The number of halogens is 1. The number of nitrogens with zero attached hydrogens (tertiary/aromatic N) is 2. The smallest absolute Gasteiger partial charge is 0.191 e. The Balaban J connectivity index is 0.00000288. The second-order valence-corrected chi connectivity index (χ2v) is 6.69. The van der Waals surface area contributed by atoms with E-state index >= 15 is 0 Å². The average Bonchev–Trinajstić information content (AvgIpc) is 2.96. The molecule has 1 aromatic heterocycles. The lowest BCUT2D eigenvalue weighted by Crippen LogP contribution is -2.37. The molecule has 2 rings (SSSR count). The zero-order valence-corrected chi connectivity index (χ0v) is 17.9. The summed E-state index contributed by atoms with van der Waals surface area (Å²) in [7, 11) is 5.92. The fourth-order valence-corrected chi connectivity index (χ4v) is 3.10. The Morgan fingerprint density at radius 2 is 1.83 bits per heavy atom. The number of guanidine groups is 1. The number of anilines is 1. The van der Waals surface area contributed by atoms with Crippen molar-refractivity contribution >= 4 is 47.0 Å². The molecule has 0 radical (unpaired) electrons. The molecule has 0 aliphatic carbocycles. The van der Waals surface area contributed by atoms with Crippen LogP contribution in [0, 0.1) is 6.92 Å². The van der Waals surface area contributed by atoms with Crippen LogP contribution < -0.4 is 15.5 Å². The number of thiophene rings is 1. The normalized spacial score (nSPS) is 10.9. The molecule has 0 aliphatic rings. The van der Waals surface area contributed by atoms with Crippen LogP contribution in [0.25, 0.3) is 0 Å². The lowest BCUT2D eigenvalue weighted by Gasteiger charge is -2.14. The molecule has 0 atom stereocenters. The number of nitrogens with one attached hydrogen (secondary N) is 2. The summed E-state index contributed by atoms with van der Waals surface area (Å²) in [5, 5.41) is 8.86. The second kappa shape index (κ2) is 10.6. The molecule has 2 N–H and O–H groups in total. The Morgan fingerprint density at radius 1 is 1.12 bits per heavy atom. The number of hydrogen-bond acceptors (Lipinski definition) is 3. The van der Waals surface area contributed by atoms with Crippen molar-refractivity contribution in [3.8, 4) is 0 Å². The predicted molar refractivity (Wildman–Crippen MR) is 117 cm³/mol. The van der Waals surface area contributed by atoms with Crippen LogP contribution in [0.4, 0.5) is 5.69 Å². The first kappa shape index (κ1) is 20.8. The molecule has 0 saturated carbocycles. The first-order valence-electron chi connectivity index (χ1n) is 7.84. The molecule has 6 heteroatoms.